The first-order valence-corrected chi connectivity index (χ1v) is 7.29. The summed E-state index contributed by atoms with van der Waals surface area (Å²) >= 11 is 0. The Morgan fingerprint density at radius 3 is 2.95 bits per heavy atom. The lowest BCUT2D eigenvalue weighted by Crippen LogP contribution is -2.47. The van der Waals surface area contributed by atoms with Gasteiger partial charge in [0.2, 0.25) is 5.91 Å². The standard InChI is InChI=1S/C16H24N2O2/c1-4-13(10-20-3)18-16(19)14-9-12-7-5-6-8-15(12)17-11(14)2/h5-8,11,13-14,17H,4,9-10H2,1-3H3,(H,18,19). The molecule has 0 fully saturated rings. The number of fused-ring (bicyclic) bond motifs is 1. The zero-order chi connectivity index (χ0) is 14.5. The van der Waals surface area contributed by atoms with Crippen molar-refractivity contribution >= 4 is 11.6 Å². The van der Waals surface area contributed by atoms with Crippen molar-refractivity contribution in [2.24, 2.45) is 5.92 Å². The Morgan fingerprint density at radius 2 is 2.25 bits per heavy atom. The second-order valence-electron chi connectivity index (χ2n) is 5.47. The van der Waals surface area contributed by atoms with E-state index in [4.69, 9.17) is 4.74 Å². The Hall–Kier alpha value is -1.55. The van der Waals surface area contributed by atoms with Gasteiger partial charge < -0.3 is 15.4 Å². The molecule has 1 aliphatic heterocycles. The molecule has 0 saturated carbocycles. The number of methoxy groups -OCH3 is 1. The molecule has 0 aromatic heterocycles. The number of hydrogen-bond acceptors (Lipinski definition) is 3. The van der Waals surface area contributed by atoms with Gasteiger partial charge in [-0.05, 0) is 31.4 Å². The molecule has 1 aromatic carbocycles. The molecular formula is C16H24N2O2. The molecule has 0 aliphatic carbocycles. The zero-order valence-corrected chi connectivity index (χ0v) is 12.5. The van der Waals surface area contributed by atoms with E-state index in [1.807, 2.05) is 12.1 Å². The van der Waals surface area contributed by atoms with Crippen LogP contribution in [0.25, 0.3) is 0 Å². The molecule has 3 unspecified atom stereocenters. The molecule has 4 heteroatoms. The van der Waals surface area contributed by atoms with Gasteiger partial charge in [-0.25, -0.2) is 0 Å². The summed E-state index contributed by atoms with van der Waals surface area (Å²) in [6.45, 7) is 4.69. The lowest BCUT2D eigenvalue weighted by Gasteiger charge is -2.32. The third kappa shape index (κ3) is 3.31. The van der Waals surface area contributed by atoms with E-state index in [-0.39, 0.29) is 23.9 Å². The summed E-state index contributed by atoms with van der Waals surface area (Å²) in [6.07, 6.45) is 1.67. The van der Waals surface area contributed by atoms with E-state index in [0.29, 0.717) is 6.61 Å². The summed E-state index contributed by atoms with van der Waals surface area (Å²) in [4.78, 5) is 12.5. The maximum absolute atomic E-state index is 12.5. The summed E-state index contributed by atoms with van der Waals surface area (Å²) in [7, 11) is 1.66. The minimum atomic E-state index is -0.0317. The summed E-state index contributed by atoms with van der Waals surface area (Å²) in [5.74, 6) is 0.0826. The zero-order valence-electron chi connectivity index (χ0n) is 12.5. The number of ether oxygens (including phenoxy) is 1. The third-order valence-corrected chi connectivity index (χ3v) is 3.99. The van der Waals surface area contributed by atoms with Gasteiger partial charge in [0.05, 0.1) is 18.6 Å². The lowest BCUT2D eigenvalue weighted by molar-refractivity contribution is -0.126. The van der Waals surface area contributed by atoms with Crippen LogP contribution in [0.4, 0.5) is 5.69 Å². The second kappa shape index (κ2) is 6.75. The Bertz CT molecular complexity index is 462. The quantitative estimate of drug-likeness (QED) is 0.867. The molecule has 2 rings (SSSR count). The van der Waals surface area contributed by atoms with Gasteiger partial charge in [0.15, 0.2) is 0 Å². The number of carbonyl (C=O) groups is 1. The first-order valence-electron chi connectivity index (χ1n) is 7.29. The van der Waals surface area contributed by atoms with Crippen LogP contribution in [0.15, 0.2) is 24.3 Å². The van der Waals surface area contributed by atoms with Crippen LogP contribution in [0.2, 0.25) is 0 Å². The molecule has 0 radical (unpaired) electrons. The van der Waals surface area contributed by atoms with Crippen molar-refractivity contribution in [2.75, 3.05) is 19.0 Å². The summed E-state index contributed by atoms with van der Waals surface area (Å²) in [5, 5.41) is 6.52. The van der Waals surface area contributed by atoms with Crippen molar-refractivity contribution in [1.82, 2.24) is 5.32 Å². The molecular weight excluding hydrogens is 252 g/mol. The normalized spacial score (nSPS) is 22.6. The largest absolute Gasteiger partial charge is 0.383 e. The van der Waals surface area contributed by atoms with Crippen LogP contribution in [0.5, 0.6) is 0 Å². The number of benzene rings is 1. The SMILES string of the molecule is CCC(COC)NC(=O)C1Cc2ccccc2NC1C. The predicted molar refractivity (Wildman–Crippen MR) is 80.8 cm³/mol. The average Bonchev–Trinajstić information content (AvgIpc) is 2.45. The van der Waals surface area contributed by atoms with Gasteiger partial charge in [0.25, 0.3) is 0 Å². The highest BCUT2D eigenvalue weighted by molar-refractivity contribution is 5.81. The number of carbonyl (C=O) groups excluding carboxylic acids is 1. The van der Waals surface area contributed by atoms with E-state index >= 15 is 0 Å². The minimum Gasteiger partial charge on any atom is -0.383 e. The van der Waals surface area contributed by atoms with Crippen LogP contribution < -0.4 is 10.6 Å². The fraction of sp³-hybridized carbons (Fsp3) is 0.562. The molecule has 4 nitrogen and oxygen atoms in total. The van der Waals surface area contributed by atoms with Crippen molar-refractivity contribution in [2.45, 2.75) is 38.8 Å². The van der Waals surface area contributed by atoms with Crippen LogP contribution in [0.3, 0.4) is 0 Å². The van der Waals surface area contributed by atoms with Gasteiger partial charge in [-0.1, -0.05) is 25.1 Å². The highest BCUT2D eigenvalue weighted by atomic mass is 16.5. The van der Waals surface area contributed by atoms with E-state index in [9.17, 15) is 4.79 Å². The third-order valence-electron chi connectivity index (χ3n) is 3.99. The second-order valence-corrected chi connectivity index (χ2v) is 5.47. The van der Waals surface area contributed by atoms with Gasteiger partial charge in [-0.3, -0.25) is 4.79 Å². The Labute approximate surface area is 120 Å². The minimum absolute atomic E-state index is 0.0317. The lowest BCUT2D eigenvalue weighted by atomic mass is 9.87. The predicted octanol–water partition coefficient (Wildman–Crippen LogP) is 2.20. The van der Waals surface area contributed by atoms with Crippen LogP contribution >= 0.6 is 0 Å². The van der Waals surface area contributed by atoms with Crippen LogP contribution in [-0.4, -0.2) is 31.7 Å². The number of amides is 1. The Morgan fingerprint density at radius 1 is 1.50 bits per heavy atom. The smallest absolute Gasteiger partial charge is 0.225 e. The van der Waals surface area contributed by atoms with E-state index in [1.165, 1.54) is 5.56 Å². The van der Waals surface area contributed by atoms with E-state index in [0.717, 1.165) is 18.5 Å². The number of para-hydroxylation sites is 1. The van der Waals surface area contributed by atoms with Gasteiger partial charge in [-0.2, -0.15) is 0 Å². The molecule has 0 bridgehead atoms. The Kier molecular flexibility index (Phi) is 5.01. The first-order chi connectivity index (χ1) is 9.65. The fourth-order valence-corrected chi connectivity index (χ4v) is 2.69. The van der Waals surface area contributed by atoms with Crippen molar-refractivity contribution < 1.29 is 9.53 Å². The van der Waals surface area contributed by atoms with Crippen LogP contribution in [0.1, 0.15) is 25.8 Å². The number of rotatable bonds is 5. The topological polar surface area (TPSA) is 50.4 Å². The summed E-state index contributed by atoms with van der Waals surface area (Å²) in [5.41, 5.74) is 2.36. The van der Waals surface area contributed by atoms with Crippen molar-refractivity contribution in [3.05, 3.63) is 29.8 Å². The molecule has 20 heavy (non-hydrogen) atoms. The fourth-order valence-electron chi connectivity index (χ4n) is 2.69. The molecule has 2 N–H and O–H groups in total. The molecule has 3 atom stereocenters. The maximum Gasteiger partial charge on any atom is 0.225 e. The van der Waals surface area contributed by atoms with E-state index in [1.54, 1.807) is 7.11 Å². The highest BCUT2D eigenvalue weighted by Gasteiger charge is 2.31. The van der Waals surface area contributed by atoms with Gasteiger partial charge in [-0.15, -0.1) is 0 Å². The number of anilines is 1. The molecule has 1 amide bonds. The molecule has 0 saturated heterocycles. The van der Waals surface area contributed by atoms with Gasteiger partial charge in [0, 0.05) is 18.8 Å². The monoisotopic (exact) mass is 276 g/mol. The van der Waals surface area contributed by atoms with Gasteiger partial charge in [0.1, 0.15) is 0 Å². The summed E-state index contributed by atoms with van der Waals surface area (Å²) in [6, 6.07) is 8.43. The van der Waals surface area contributed by atoms with Crippen LogP contribution in [0, 0.1) is 5.92 Å². The van der Waals surface area contributed by atoms with Gasteiger partial charge >= 0.3 is 0 Å². The van der Waals surface area contributed by atoms with Crippen molar-refractivity contribution in [1.29, 1.82) is 0 Å². The average molecular weight is 276 g/mol. The van der Waals surface area contributed by atoms with E-state index in [2.05, 4.69) is 36.6 Å². The van der Waals surface area contributed by atoms with Crippen LogP contribution in [-0.2, 0) is 16.0 Å². The Balaban J connectivity index is 2.04. The van der Waals surface area contributed by atoms with Crippen molar-refractivity contribution in [3.8, 4) is 0 Å². The number of nitrogens with one attached hydrogen (secondary N) is 2. The van der Waals surface area contributed by atoms with Crippen molar-refractivity contribution in [3.63, 3.8) is 0 Å². The molecule has 0 spiro atoms. The maximum atomic E-state index is 12.5. The molecule has 110 valence electrons. The summed E-state index contributed by atoms with van der Waals surface area (Å²) < 4.78 is 5.14. The number of hydrogen-bond donors (Lipinski definition) is 2. The molecule has 1 heterocycles. The highest BCUT2D eigenvalue weighted by Crippen LogP contribution is 2.28. The first kappa shape index (κ1) is 14.9. The molecule has 1 aliphatic rings. The van der Waals surface area contributed by atoms with E-state index < -0.39 is 0 Å². The molecule has 1 aromatic rings.